The van der Waals surface area contributed by atoms with Crippen molar-refractivity contribution in [1.29, 1.82) is 0 Å². The van der Waals surface area contributed by atoms with E-state index in [2.05, 4.69) is 144 Å². The highest BCUT2D eigenvalue weighted by molar-refractivity contribution is 5.40. The van der Waals surface area contributed by atoms with Crippen LogP contribution in [0.25, 0.3) is 0 Å². The molecule has 0 aliphatic carbocycles. The summed E-state index contributed by atoms with van der Waals surface area (Å²) >= 11 is 0. The largest absolute Gasteiger partial charge is 0.352 e. The number of aromatic nitrogens is 6. The Kier molecular flexibility index (Phi) is 13.2. The van der Waals surface area contributed by atoms with E-state index in [0.29, 0.717) is 37.1 Å². The van der Waals surface area contributed by atoms with Crippen molar-refractivity contribution in [3.05, 3.63) is 12.7 Å². The molecule has 2 aromatic heterocycles. The summed E-state index contributed by atoms with van der Waals surface area (Å²) in [7, 11) is 8.48. The Balaban J connectivity index is 1.42. The lowest BCUT2D eigenvalue weighted by atomic mass is 9.79. The number of nitrogens with one attached hydrogen (secondary N) is 4. The van der Waals surface area contributed by atoms with Gasteiger partial charge in [0.2, 0.25) is 23.8 Å². The summed E-state index contributed by atoms with van der Waals surface area (Å²) in [6.45, 7) is 23.3. The minimum absolute atomic E-state index is 0.0188. The fourth-order valence-corrected chi connectivity index (χ4v) is 8.35. The van der Waals surface area contributed by atoms with E-state index in [1.165, 1.54) is 0 Å². The maximum Gasteiger partial charge on any atom is 0.230 e. The van der Waals surface area contributed by atoms with Gasteiger partial charge in [-0.1, -0.05) is 0 Å². The van der Waals surface area contributed by atoms with Crippen molar-refractivity contribution in [2.75, 3.05) is 87.9 Å². The number of rotatable bonds is 17. The van der Waals surface area contributed by atoms with Gasteiger partial charge >= 0.3 is 0 Å². The summed E-state index contributed by atoms with van der Waals surface area (Å²) in [5.74, 6) is 2.60. The minimum Gasteiger partial charge on any atom is -0.352 e. The molecule has 2 fully saturated rings. The third kappa shape index (κ3) is 12.4. The van der Waals surface area contributed by atoms with Gasteiger partial charge < -0.3 is 40.9 Å². The second kappa shape index (κ2) is 16.6. The zero-order valence-corrected chi connectivity index (χ0v) is 33.3. The highest BCUT2D eigenvalue weighted by Crippen LogP contribution is 2.34. The molecular formula is C36H68N14. The SMILES string of the molecule is CN(C)CCCN(c1ncnc(NCCNc2ncnc(N(CCCN(C)C)C3CC(C)(C)NC(C)(C)C3)n2)n1)C1CC(C)(C)NC(C)(C)C1. The van der Waals surface area contributed by atoms with E-state index >= 15 is 0 Å². The maximum absolute atomic E-state index is 4.91. The molecule has 14 heteroatoms. The summed E-state index contributed by atoms with van der Waals surface area (Å²) in [4.78, 5) is 37.4. The Morgan fingerprint density at radius 3 is 1.22 bits per heavy atom. The fraction of sp³-hybridized carbons (Fsp3) is 0.833. The lowest BCUT2D eigenvalue weighted by Gasteiger charge is -2.49. The van der Waals surface area contributed by atoms with Crippen LogP contribution in [0.2, 0.25) is 0 Å². The Morgan fingerprint density at radius 2 is 0.900 bits per heavy atom. The summed E-state index contributed by atoms with van der Waals surface area (Å²) in [6, 6.07) is 0.644. The topological polar surface area (TPSA) is 138 Å². The van der Waals surface area contributed by atoms with Crippen LogP contribution in [0, 0.1) is 0 Å². The zero-order valence-electron chi connectivity index (χ0n) is 33.3. The molecule has 2 aromatic rings. The van der Waals surface area contributed by atoms with Gasteiger partial charge in [0, 0.05) is 60.4 Å². The Labute approximate surface area is 302 Å². The smallest absolute Gasteiger partial charge is 0.230 e. The molecule has 0 saturated carbocycles. The van der Waals surface area contributed by atoms with Crippen LogP contribution < -0.4 is 31.1 Å². The van der Waals surface area contributed by atoms with Crippen LogP contribution in [0.15, 0.2) is 12.7 Å². The van der Waals surface area contributed by atoms with Gasteiger partial charge in [-0.05, 0) is 135 Å². The van der Waals surface area contributed by atoms with Crippen LogP contribution in [0.4, 0.5) is 23.8 Å². The Hall–Kier alpha value is -2.94. The number of hydrogen-bond donors (Lipinski definition) is 4. The molecule has 0 spiro atoms. The van der Waals surface area contributed by atoms with E-state index in [9.17, 15) is 0 Å². The predicted octanol–water partition coefficient (Wildman–Crippen LogP) is 3.72. The molecule has 14 nitrogen and oxygen atoms in total. The molecule has 50 heavy (non-hydrogen) atoms. The van der Waals surface area contributed by atoms with Crippen molar-refractivity contribution in [3.63, 3.8) is 0 Å². The number of anilines is 4. The quantitative estimate of drug-likeness (QED) is 0.179. The van der Waals surface area contributed by atoms with Crippen molar-refractivity contribution >= 4 is 23.8 Å². The van der Waals surface area contributed by atoms with E-state index in [-0.39, 0.29) is 22.2 Å². The molecule has 0 bridgehead atoms. The summed E-state index contributed by atoms with van der Waals surface area (Å²) in [5, 5.41) is 14.4. The first-order valence-corrected chi connectivity index (χ1v) is 18.6. The van der Waals surface area contributed by atoms with Gasteiger partial charge in [-0.3, -0.25) is 0 Å². The summed E-state index contributed by atoms with van der Waals surface area (Å²) in [5.41, 5.74) is 0.0751. The fourth-order valence-electron chi connectivity index (χ4n) is 8.35. The van der Waals surface area contributed by atoms with Crippen LogP contribution in [-0.4, -0.2) is 141 Å². The molecule has 0 atom stereocenters. The molecule has 4 N–H and O–H groups in total. The van der Waals surface area contributed by atoms with E-state index in [0.717, 1.165) is 76.6 Å². The Bertz CT molecular complexity index is 1210. The highest BCUT2D eigenvalue weighted by atomic mass is 15.3. The second-order valence-electron chi connectivity index (χ2n) is 17.7. The molecule has 0 unspecified atom stereocenters. The average molecular weight is 697 g/mol. The second-order valence-corrected chi connectivity index (χ2v) is 17.7. The first-order valence-electron chi connectivity index (χ1n) is 18.6. The van der Waals surface area contributed by atoms with Crippen LogP contribution in [0.3, 0.4) is 0 Å². The van der Waals surface area contributed by atoms with Gasteiger partial charge in [-0.15, -0.1) is 0 Å². The van der Waals surface area contributed by atoms with Gasteiger partial charge in [0.25, 0.3) is 0 Å². The first kappa shape index (κ1) is 39.8. The zero-order chi connectivity index (χ0) is 36.7. The van der Waals surface area contributed by atoms with Gasteiger partial charge in [0.15, 0.2) is 0 Å². The van der Waals surface area contributed by atoms with Crippen molar-refractivity contribution in [1.82, 2.24) is 50.3 Å². The Morgan fingerprint density at radius 1 is 0.560 bits per heavy atom. The van der Waals surface area contributed by atoms with Gasteiger partial charge in [-0.25, -0.2) is 19.9 Å². The van der Waals surface area contributed by atoms with Gasteiger partial charge in [-0.2, -0.15) is 9.97 Å². The molecular weight excluding hydrogens is 628 g/mol. The molecule has 0 radical (unpaired) electrons. The lowest BCUT2D eigenvalue weighted by molar-refractivity contribution is 0.157. The van der Waals surface area contributed by atoms with Crippen LogP contribution in [0.5, 0.6) is 0 Å². The molecule has 4 heterocycles. The van der Waals surface area contributed by atoms with E-state index in [1.807, 2.05) is 0 Å². The number of hydrogen-bond acceptors (Lipinski definition) is 14. The van der Waals surface area contributed by atoms with Crippen molar-refractivity contribution in [2.24, 2.45) is 0 Å². The van der Waals surface area contributed by atoms with Crippen LogP contribution in [0.1, 0.15) is 93.9 Å². The molecule has 2 aliphatic rings. The molecule has 2 aliphatic heterocycles. The standard InChI is InChI=1S/C36H68N14/c1-33(2)21-27(22-34(3,4)45-33)49(19-13-17-47(9)10)31-41-25-39-29(43-31)37-15-16-38-30-40-26-42-32(44-30)50(20-14-18-48(11)12)28-23-35(5,6)46-36(7,8)24-28/h25-28,45-46H,13-24H2,1-12H3,(H,37,39,41,43)(H,38,40,42,44). The molecule has 0 aromatic carbocycles. The van der Waals surface area contributed by atoms with E-state index in [1.54, 1.807) is 12.7 Å². The first-order chi connectivity index (χ1) is 23.3. The molecule has 4 rings (SSSR count). The van der Waals surface area contributed by atoms with Crippen LogP contribution in [-0.2, 0) is 0 Å². The molecule has 282 valence electrons. The average Bonchev–Trinajstić information content (AvgIpc) is 2.96. The minimum atomic E-state index is 0.0188. The highest BCUT2D eigenvalue weighted by Gasteiger charge is 2.42. The lowest BCUT2D eigenvalue weighted by Crippen LogP contribution is -2.62. The van der Waals surface area contributed by atoms with Gasteiger partial charge in [0.1, 0.15) is 12.7 Å². The number of piperidine rings is 2. The maximum atomic E-state index is 4.91. The van der Waals surface area contributed by atoms with E-state index in [4.69, 9.17) is 9.97 Å². The predicted molar refractivity (Wildman–Crippen MR) is 206 cm³/mol. The normalized spacial score (nSPS) is 20.2. The molecule has 2 saturated heterocycles. The summed E-state index contributed by atoms with van der Waals surface area (Å²) < 4.78 is 0. The van der Waals surface area contributed by atoms with Crippen LogP contribution >= 0.6 is 0 Å². The van der Waals surface area contributed by atoms with Gasteiger partial charge in [0.05, 0.1) is 0 Å². The van der Waals surface area contributed by atoms with Crippen molar-refractivity contribution in [2.45, 2.75) is 128 Å². The summed E-state index contributed by atoms with van der Waals surface area (Å²) in [6.07, 6.45) is 9.39. The third-order valence-corrected chi connectivity index (χ3v) is 9.55. The van der Waals surface area contributed by atoms with Crippen molar-refractivity contribution < 1.29 is 0 Å². The molecule has 0 amide bonds. The third-order valence-electron chi connectivity index (χ3n) is 9.55. The van der Waals surface area contributed by atoms with Crippen molar-refractivity contribution in [3.8, 4) is 0 Å². The monoisotopic (exact) mass is 697 g/mol. The van der Waals surface area contributed by atoms with E-state index < -0.39 is 0 Å². The number of nitrogens with zero attached hydrogens (tertiary/aromatic N) is 10.